The molecule has 0 saturated carbocycles. The van der Waals surface area contributed by atoms with Gasteiger partial charge in [0, 0.05) is 0 Å². The number of carbonyl (C=O) groups is 1. The molecule has 0 fully saturated rings. The van der Waals surface area contributed by atoms with Crippen molar-refractivity contribution in [3.05, 3.63) is 37.5 Å². The fourth-order valence-corrected chi connectivity index (χ4v) is 0.492. The topological polar surface area (TPSA) is 69.1 Å². The van der Waals surface area contributed by atoms with E-state index in [1.54, 1.807) is 0 Å². The van der Waals surface area contributed by atoms with Crippen molar-refractivity contribution in [1.29, 1.82) is 0 Å². The molecule has 0 radical (unpaired) electrons. The molecule has 0 aliphatic rings. The molecule has 68 valence electrons. The van der Waals surface area contributed by atoms with Gasteiger partial charge in [-0.05, 0) is 12.8 Å². The van der Waals surface area contributed by atoms with Crippen molar-refractivity contribution in [3.8, 4) is 0 Å². The van der Waals surface area contributed by atoms with Crippen LogP contribution in [0.15, 0.2) is 37.5 Å². The highest BCUT2D eigenvalue weighted by Gasteiger charge is 1.82. The van der Waals surface area contributed by atoms with Gasteiger partial charge in [-0.1, -0.05) is 24.3 Å². The van der Waals surface area contributed by atoms with Crippen LogP contribution < -0.4 is 11.5 Å². The van der Waals surface area contributed by atoms with Gasteiger partial charge in [0.25, 0.3) is 0 Å². The molecular formula is C9H16N2O. The second-order valence-electron chi connectivity index (χ2n) is 2.14. The molecule has 0 unspecified atom stereocenters. The highest BCUT2D eigenvalue weighted by Crippen LogP contribution is 2.02. The maximum absolute atomic E-state index is 9.00. The van der Waals surface area contributed by atoms with E-state index >= 15 is 0 Å². The Morgan fingerprint density at radius 1 is 1.17 bits per heavy atom. The van der Waals surface area contributed by atoms with Crippen LogP contribution in [0.4, 0.5) is 4.79 Å². The Labute approximate surface area is 73.4 Å². The van der Waals surface area contributed by atoms with E-state index in [-0.39, 0.29) is 0 Å². The molecule has 12 heavy (non-hydrogen) atoms. The van der Waals surface area contributed by atoms with Crippen LogP contribution in [0.2, 0.25) is 0 Å². The molecule has 0 aliphatic heterocycles. The van der Waals surface area contributed by atoms with E-state index in [0.29, 0.717) is 0 Å². The van der Waals surface area contributed by atoms with E-state index < -0.39 is 6.03 Å². The van der Waals surface area contributed by atoms with Crippen LogP contribution in [-0.2, 0) is 0 Å². The molecule has 0 aliphatic carbocycles. The van der Waals surface area contributed by atoms with Gasteiger partial charge >= 0.3 is 6.03 Å². The number of carbonyl (C=O) groups excluding carboxylic acids is 1. The normalized spacial score (nSPS) is 7.33. The van der Waals surface area contributed by atoms with E-state index in [4.69, 9.17) is 4.79 Å². The van der Waals surface area contributed by atoms with Gasteiger partial charge in [-0.3, -0.25) is 0 Å². The third-order valence-electron chi connectivity index (χ3n) is 0.866. The first-order chi connectivity index (χ1) is 5.54. The van der Waals surface area contributed by atoms with Crippen molar-refractivity contribution in [2.24, 2.45) is 11.5 Å². The van der Waals surface area contributed by atoms with Gasteiger partial charge < -0.3 is 11.5 Å². The summed E-state index contributed by atoms with van der Waals surface area (Å²) in [6.07, 6.45) is 5.52. The Balaban J connectivity index is 0. The van der Waals surface area contributed by atoms with Crippen LogP contribution in [0.3, 0.4) is 0 Å². The predicted octanol–water partition coefficient (Wildman–Crippen LogP) is 1.72. The summed E-state index contributed by atoms with van der Waals surface area (Å²) in [6.45, 7) is 11.0. The summed E-state index contributed by atoms with van der Waals surface area (Å²) in [5, 5.41) is 0. The molecule has 0 bridgehead atoms. The van der Waals surface area contributed by atoms with Crippen molar-refractivity contribution < 1.29 is 4.79 Å². The lowest BCUT2D eigenvalue weighted by Gasteiger charge is -1.92. The molecule has 0 aromatic heterocycles. The Hall–Kier alpha value is -1.51. The van der Waals surface area contributed by atoms with Crippen LogP contribution in [-0.4, -0.2) is 6.03 Å². The second-order valence-corrected chi connectivity index (χ2v) is 2.14. The molecule has 3 nitrogen and oxygen atoms in total. The number of hydrogen-bond acceptors (Lipinski definition) is 1. The van der Waals surface area contributed by atoms with Crippen molar-refractivity contribution in [2.45, 2.75) is 12.8 Å². The molecule has 4 N–H and O–H groups in total. The van der Waals surface area contributed by atoms with Gasteiger partial charge in [-0.25, -0.2) is 4.79 Å². The number of allylic oxidation sites excluding steroid dienone is 3. The summed E-state index contributed by atoms with van der Waals surface area (Å²) in [5.74, 6) is 0. The Kier molecular flexibility index (Phi) is 10.4. The molecule has 0 rings (SSSR count). The lowest BCUT2D eigenvalue weighted by atomic mass is 10.1. The monoisotopic (exact) mass is 168 g/mol. The van der Waals surface area contributed by atoms with Crippen molar-refractivity contribution in [3.63, 3.8) is 0 Å². The smallest absolute Gasteiger partial charge is 0.309 e. The second kappa shape index (κ2) is 9.49. The van der Waals surface area contributed by atoms with Gasteiger partial charge in [-0.2, -0.15) is 0 Å². The fourth-order valence-electron chi connectivity index (χ4n) is 0.492. The summed E-state index contributed by atoms with van der Waals surface area (Å²) in [5.41, 5.74) is 9.68. The van der Waals surface area contributed by atoms with Crippen molar-refractivity contribution in [1.82, 2.24) is 0 Å². The van der Waals surface area contributed by atoms with Crippen molar-refractivity contribution in [2.75, 3.05) is 0 Å². The summed E-state index contributed by atoms with van der Waals surface area (Å²) in [7, 11) is 0. The number of hydrogen-bond donors (Lipinski definition) is 2. The minimum Gasteiger partial charge on any atom is -0.352 e. The largest absolute Gasteiger partial charge is 0.352 e. The lowest BCUT2D eigenvalue weighted by Crippen LogP contribution is -2.18. The molecule has 0 aromatic carbocycles. The van der Waals surface area contributed by atoms with Gasteiger partial charge in [0.1, 0.15) is 0 Å². The number of nitrogens with two attached hydrogens (primary N) is 2. The van der Waals surface area contributed by atoms with Crippen LogP contribution in [0.5, 0.6) is 0 Å². The van der Waals surface area contributed by atoms with E-state index in [2.05, 4.69) is 31.2 Å². The lowest BCUT2D eigenvalue weighted by molar-refractivity contribution is 0.256. The van der Waals surface area contributed by atoms with E-state index in [1.165, 1.54) is 5.57 Å². The van der Waals surface area contributed by atoms with Crippen LogP contribution >= 0.6 is 0 Å². The minimum absolute atomic E-state index is 0.833. The highest BCUT2D eigenvalue weighted by molar-refractivity contribution is 5.69. The Morgan fingerprint density at radius 3 is 1.58 bits per heavy atom. The molecule has 0 aromatic rings. The molecule has 0 saturated heterocycles. The summed E-state index contributed by atoms with van der Waals surface area (Å²) in [4.78, 5) is 9.00. The quantitative estimate of drug-likeness (QED) is 0.616. The molecule has 3 heteroatoms. The van der Waals surface area contributed by atoms with Gasteiger partial charge in [-0.15, -0.1) is 13.2 Å². The third kappa shape index (κ3) is 23.6. The molecule has 0 atom stereocenters. The summed E-state index contributed by atoms with van der Waals surface area (Å²) >= 11 is 0. The summed E-state index contributed by atoms with van der Waals surface area (Å²) in [6, 6.07) is -0.833. The average Bonchev–Trinajstić information content (AvgIpc) is 1.87. The maximum atomic E-state index is 9.00. The first-order valence-electron chi connectivity index (χ1n) is 3.48. The number of amides is 2. The zero-order valence-electron chi connectivity index (χ0n) is 7.25. The van der Waals surface area contributed by atoms with Gasteiger partial charge in [0.15, 0.2) is 0 Å². The fraction of sp³-hybridized carbons (Fsp3) is 0.222. The first-order valence-corrected chi connectivity index (χ1v) is 3.48. The van der Waals surface area contributed by atoms with Crippen LogP contribution in [0, 0.1) is 0 Å². The van der Waals surface area contributed by atoms with E-state index in [1.807, 2.05) is 12.2 Å². The zero-order chi connectivity index (χ0) is 9.98. The minimum atomic E-state index is -0.833. The SMILES string of the molecule is C=CCC(=C)CC=C.NC(N)=O. The maximum Gasteiger partial charge on any atom is 0.309 e. The third-order valence-corrected chi connectivity index (χ3v) is 0.866. The van der Waals surface area contributed by atoms with E-state index in [9.17, 15) is 0 Å². The zero-order valence-corrected chi connectivity index (χ0v) is 7.25. The Bertz CT molecular complexity index is 157. The molecule has 2 amide bonds. The highest BCUT2D eigenvalue weighted by atomic mass is 16.2. The number of primary amides is 2. The standard InChI is InChI=1S/C8H12.CH4N2O/c1-4-6-8(3)7-5-2;2-1(3)4/h4-5H,1-3,6-7H2;(H4,2,3,4). The molecular weight excluding hydrogens is 152 g/mol. The van der Waals surface area contributed by atoms with Gasteiger partial charge in [0.2, 0.25) is 0 Å². The number of rotatable bonds is 4. The molecule has 0 spiro atoms. The average molecular weight is 168 g/mol. The van der Waals surface area contributed by atoms with Gasteiger partial charge in [0.05, 0.1) is 0 Å². The predicted molar refractivity (Wildman–Crippen MR) is 52.5 cm³/mol. The van der Waals surface area contributed by atoms with Crippen molar-refractivity contribution >= 4 is 6.03 Å². The molecule has 0 heterocycles. The number of urea groups is 1. The van der Waals surface area contributed by atoms with Crippen LogP contribution in [0.1, 0.15) is 12.8 Å². The first kappa shape index (κ1) is 13.1. The van der Waals surface area contributed by atoms with Crippen LogP contribution in [0.25, 0.3) is 0 Å². The Morgan fingerprint density at radius 2 is 1.42 bits per heavy atom. The van der Waals surface area contributed by atoms with E-state index in [0.717, 1.165) is 12.8 Å². The summed E-state index contributed by atoms with van der Waals surface area (Å²) < 4.78 is 0.